The van der Waals surface area contributed by atoms with Gasteiger partial charge in [-0.05, 0) is 0 Å². The third kappa shape index (κ3) is 1.34. The van der Waals surface area contributed by atoms with Crippen LogP contribution in [0.15, 0.2) is 10.8 Å². The lowest BCUT2D eigenvalue weighted by Gasteiger charge is -1.94. The zero-order chi connectivity index (χ0) is 7.40. The maximum atomic E-state index is 5.34. The van der Waals surface area contributed by atoms with E-state index < -0.39 is 0 Å². The molecule has 0 bridgehead atoms. The molecule has 0 atom stereocenters. The number of aromatic nitrogens is 1. The number of hydrogen-bond donors (Lipinski definition) is 1. The molecule has 0 aliphatic carbocycles. The summed E-state index contributed by atoms with van der Waals surface area (Å²) in [7, 11) is 1.61. The lowest BCUT2D eigenvalue weighted by Crippen LogP contribution is -1.99. The number of nitrogens with two attached hydrogens (primary N) is 1. The van der Waals surface area contributed by atoms with Gasteiger partial charge in [-0.25, -0.2) is 4.98 Å². The van der Waals surface area contributed by atoms with E-state index >= 15 is 0 Å². The van der Waals surface area contributed by atoms with Gasteiger partial charge in [-0.2, -0.15) is 0 Å². The van der Waals surface area contributed by atoms with Crippen LogP contribution < -0.4 is 5.73 Å². The van der Waals surface area contributed by atoms with Crippen LogP contribution in [0.4, 0.5) is 0 Å². The molecule has 0 fully saturated rings. The van der Waals surface area contributed by atoms with Crippen molar-refractivity contribution in [1.82, 2.24) is 4.98 Å². The summed E-state index contributed by atoms with van der Waals surface area (Å²) in [5, 5.41) is 0. The summed E-state index contributed by atoms with van der Waals surface area (Å²) in [4.78, 5) is 3.91. The molecule has 1 rings (SSSR count). The second-order valence-corrected chi connectivity index (χ2v) is 1.86. The minimum atomic E-state index is 0.374. The zero-order valence-electron chi connectivity index (χ0n) is 5.83. The normalized spacial score (nSPS) is 10.2. The molecular weight excluding hydrogens is 132 g/mol. The summed E-state index contributed by atoms with van der Waals surface area (Å²) < 4.78 is 9.80. The van der Waals surface area contributed by atoms with Crippen LogP contribution in [0.3, 0.4) is 0 Å². The fourth-order valence-electron chi connectivity index (χ4n) is 0.714. The molecule has 0 aromatic carbocycles. The number of hydrogen-bond acceptors (Lipinski definition) is 4. The number of methoxy groups -OCH3 is 1. The largest absolute Gasteiger partial charge is 0.447 e. The fourth-order valence-corrected chi connectivity index (χ4v) is 0.714. The molecule has 1 aromatic heterocycles. The van der Waals surface area contributed by atoms with E-state index in [1.165, 1.54) is 6.39 Å². The van der Waals surface area contributed by atoms with E-state index in [4.69, 9.17) is 14.9 Å². The van der Waals surface area contributed by atoms with E-state index in [2.05, 4.69) is 4.98 Å². The first-order valence-electron chi connectivity index (χ1n) is 2.98. The molecule has 0 radical (unpaired) electrons. The first-order chi connectivity index (χ1) is 4.88. The molecule has 1 aromatic rings. The van der Waals surface area contributed by atoms with E-state index in [0.29, 0.717) is 18.9 Å². The van der Waals surface area contributed by atoms with Crippen molar-refractivity contribution < 1.29 is 9.15 Å². The van der Waals surface area contributed by atoms with Gasteiger partial charge >= 0.3 is 0 Å². The van der Waals surface area contributed by atoms with Gasteiger partial charge in [0.25, 0.3) is 0 Å². The van der Waals surface area contributed by atoms with Crippen LogP contribution in [0.25, 0.3) is 0 Å². The van der Waals surface area contributed by atoms with Gasteiger partial charge in [0.1, 0.15) is 11.5 Å². The average Bonchev–Trinajstić information content (AvgIpc) is 2.36. The van der Waals surface area contributed by atoms with Crippen LogP contribution in [-0.2, 0) is 17.9 Å². The van der Waals surface area contributed by atoms with Crippen molar-refractivity contribution >= 4 is 0 Å². The van der Waals surface area contributed by atoms with Crippen molar-refractivity contribution in [3.05, 3.63) is 17.8 Å². The Morgan fingerprint density at radius 1 is 1.80 bits per heavy atom. The van der Waals surface area contributed by atoms with Crippen LogP contribution in [0.2, 0.25) is 0 Å². The molecule has 0 unspecified atom stereocenters. The fraction of sp³-hybridized carbons (Fsp3) is 0.500. The molecule has 1 heterocycles. The first kappa shape index (κ1) is 7.24. The van der Waals surface area contributed by atoms with Gasteiger partial charge in [0, 0.05) is 7.11 Å². The minimum absolute atomic E-state index is 0.374. The van der Waals surface area contributed by atoms with Crippen LogP contribution >= 0.6 is 0 Å². The van der Waals surface area contributed by atoms with E-state index in [1.54, 1.807) is 7.11 Å². The Hall–Kier alpha value is -0.870. The van der Waals surface area contributed by atoms with Gasteiger partial charge in [0.15, 0.2) is 6.39 Å². The molecule has 0 aliphatic heterocycles. The third-order valence-electron chi connectivity index (χ3n) is 1.19. The van der Waals surface area contributed by atoms with Gasteiger partial charge in [-0.1, -0.05) is 0 Å². The number of nitrogens with zero attached hydrogens (tertiary/aromatic N) is 1. The zero-order valence-corrected chi connectivity index (χ0v) is 5.83. The summed E-state index contributed by atoms with van der Waals surface area (Å²) in [6, 6.07) is 0. The highest BCUT2D eigenvalue weighted by molar-refractivity contribution is 5.04. The quantitative estimate of drug-likeness (QED) is 0.658. The second kappa shape index (κ2) is 3.34. The monoisotopic (exact) mass is 142 g/mol. The summed E-state index contributed by atoms with van der Waals surface area (Å²) in [6.07, 6.45) is 1.37. The molecule has 0 amide bonds. The van der Waals surface area contributed by atoms with Crippen LogP contribution in [0, 0.1) is 0 Å². The van der Waals surface area contributed by atoms with E-state index in [-0.39, 0.29) is 0 Å². The maximum Gasteiger partial charge on any atom is 0.181 e. The Kier molecular flexibility index (Phi) is 2.42. The van der Waals surface area contributed by atoms with Crippen molar-refractivity contribution in [2.75, 3.05) is 7.11 Å². The lowest BCUT2D eigenvalue weighted by molar-refractivity contribution is 0.180. The molecule has 2 N–H and O–H groups in total. The highest BCUT2D eigenvalue weighted by Crippen LogP contribution is 2.05. The van der Waals surface area contributed by atoms with Crippen molar-refractivity contribution in [3.63, 3.8) is 0 Å². The third-order valence-corrected chi connectivity index (χ3v) is 1.19. The van der Waals surface area contributed by atoms with Gasteiger partial charge in [0.2, 0.25) is 0 Å². The highest BCUT2D eigenvalue weighted by atomic mass is 16.5. The molecule has 56 valence electrons. The van der Waals surface area contributed by atoms with Crippen molar-refractivity contribution in [2.24, 2.45) is 5.73 Å². The van der Waals surface area contributed by atoms with Gasteiger partial charge in [0.05, 0.1) is 13.2 Å². The van der Waals surface area contributed by atoms with Gasteiger partial charge in [-0.3, -0.25) is 0 Å². The molecule has 0 aliphatic rings. The molecule has 10 heavy (non-hydrogen) atoms. The minimum Gasteiger partial charge on any atom is -0.447 e. The molecular formula is C6H10N2O2. The Labute approximate surface area is 59.0 Å². The van der Waals surface area contributed by atoms with E-state index in [0.717, 1.165) is 5.69 Å². The lowest BCUT2D eigenvalue weighted by atomic mass is 10.3. The van der Waals surface area contributed by atoms with Crippen LogP contribution in [-0.4, -0.2) is 12.1 Å². The smallest absolute Gasteiger partial charge is 0.181 e. The second-order valence-electron chi connectivity index (χ2n) is 1.86. The van der Waals surface area contributed by atoms with Crippen LogP contribution in [0.1, 0.15) is 11.5 Å². The Morgan fingerprint density at radius 2 is 2.60 bits per heavy atom. The first-order valence-corrected chi connectivity index (χ1v) is 2.98. The molecule has 4 nitrogen and oxygen atoms in total. The predicted octanol–water partition coefficient (Wildman–Crippen LogP) is 0.280. The Bertz CT molecular complexity index is 197. The van der Waals surface area contributed by atoms with E-state index in [1.807, 2.05) is 0 Å². The van der Waals surface area contributed by atoms with Gasteiger partial charge in [-0.15, -0.1) is 0 Å². The summed E-state index contributed by atoms with van der Waals surface area (Å²) in [5.74, 6) is 0.696. The molecule has 0 saturated carbocycles. The number of oxazole rings is 1. The van der Waals surface area contributed by atoms with Gasteiger partial charge < -0.3 is 14.9 Å². The highest BCUT2D eigenvalue weighted by Gasteiger charge is 2.03. The standard InChI is InChI=1S/C6H10N2O2/c1-9-3-5-6(2-7)10-4-8-5/h4H,2-3,7H2,1H3. The van der Waals surface area contributed by atoms with Crippen molar-refractivity contribution in [3.8, 4) is 0 Å². The SMILES string of the molecule is COCc1ncoc1CN. The number of ether oxygens (including phenoxy) is 1. The Balaban J connectivity index is 2.70. The van der Waals surface area contributed by atoms with E-state index in [9.17, 15) is 0 Å². The summed E-state index contributed by atoms with van der Waals surface area (Å²) in [5.41, 5.74) is 6.12. The van der Waals surface area contributed by atoms with Crippen molar-refractivity contribution in [2.45, 2.75) is 13.2 Å². The molecule has 0 spiro atoms. The van der Waals surface area contributed by atoms with Crippen LogP contribution in [0.5, 0.6) is 0 Å². The topological polar surface area (TPSA) is 61.3 Å². The molecule has 4 heteroatoms. The maximum absolute atomic E-state index is 5.34. The number of rotatable bonds is 3. The van der Waals surface area contributed by atoms with Crippen molar-refractivity contribution in [1.29, 1.82) is 0 Å². The Morgan fingerprint density at radius 3 is 3.20 bits per heavy atom. The summed E-state index contributed by atoms with van der Waals surface area (Å²) >= 11 is 0. The molecule has 0 saturated heterocycles. The summed E-state index contributed by atoms with van der Waals surface area (Å²) in [6.45, 7) is 0.835. The average molecular weight is 142 g/mol. The predicted molar refractivity (Wildman–Crippen MR) is 35.1 cm³/mol.